The Labute approximate surface area is 98.5 Å². The van der Waals surface area contributed by atoms with Crippen molar-refractivity contribution in [3.63, 3.8) is 0 Å². The molecule has 1 N–H and O–H groups in total. The van der Waals surface area contributed by atoms with Crippen LogP contribution < -0.4 is 5.32 Å². The average Bonchev–Trinajstić information content (AvgIpc) is 2.71. The maximum atomic E-state index is 12.0. The van der Waals surface area contributed by atoms with Crippen LogP contribution in [0.5, 0.6) is 0 Å². The number of hydrogen-bond acceptors (Lipinski definition) is 3. The minimum atomic E-state index is -0.941. The van der Waals surface area contributed by atoms with Gasteiger partial charge in [-0.3, -0.25) is 4.21 Å². The standard InChI is InChI=1S/C10H14N2OS.ClH/c1-8-2-3-10(12-6-8)14(13)9-4-5-11-7-9;/h2-3,6,9,11H,4-5,7H2,1H3;1H/t9-,14+;/m0./s1. The molecule has 1 saturated heterocycles. The Balaban J connectivity index is 0.00000112. The molecule has 1 aliphatic rings. The Morgan fingerprint density at radius 1 is 1.53 bits per heavy atom. The lowest BCUT2D eigenvalue weighted by Crippen LogP contribution is -2.19. The molecule has 1 aliphatic heterocycles. The Morgan fingerprint density at radius 2 is 2.33 bits per heavy atom. The molecule has 15 heavy (non-hydrogen) atoms. The molecule has 0 unspecified atom stereocenters. The molecule has 0 amide bonds. The fraction of sp³-hybridized carbons (Fsp3) is 0.500. The zero-order valence-corrected chi connectivity index (χ0v) is 10.2. The molecule has 3 nitrogen and oxygen atoms in total. The normalized spacial score (nSPS) is 22.1. The highest BCUT2D eigenvalue weighted by atomic mass is 35.5. The molecule has 0 aromatic carbocycles. The van der Waals surface area contributed by atoms with Crippen molar-refractivity contribution in [2.45, 2.75) is 23.6 Å². The predicted molar refractivity (Wildman–Crippen MR) is 63.9 cm³/mol. The van der Waals surface area contributed by atoms with E-state index in [1.54, 1.807) is 6.20 Å². The molecular formula is C10H15ClN2OS. The molecule has 2 rings (SSSR count). The highest BCUT2D eigenvalue weighted by Gasteiger charge is 2.22. The second-order valence-electron chi connectivity index (χ2n) is 3.59. The van der Waals surface area contributed by atoms with Gasteiger partial charge < -0.3 is 5.32 Å². The van der Waals surface area contributed by atoms with Crippen LogP contribution in [0, 0.1) is 6.92 Å². The molecule has 0 aliphatic carbocycles. The van der Waals surface area contributed by atoms with Crippen molar-refractivity contribution >= 4 is 23.2 Å². The number of aryl methyl sites for hydroxylation is 1. The van der Waals surface area contributed by atoms with Crippen molar-refractivity contribution in [3.8, 4) is 0 Å². The van der Waals surface area contributed by atoms with Crippen molar-refractivity contribution in [3.05, 3.63) is 23.9 Å². The van der Waals surface area contributed by atoms with Gasteiger partial charge in [0.1, 0.15) is 5.03 Å². The lowest BCUT2D eigenvalue weighted by molar-refractivity contribution is 0.669. The largest absolute Gasteiger partial charge is 0.315 e. The molecule has 84 valence electrons. The van der Waals surface area contributed by atoms with Crippen LogP contribution in [0.25, 0.3) is 0 Å². The number of hydrogen-bond donors (Lipinski definition) is 1. The van der Waals surface area contributed by atoms with Gasteiger partial charge in [-0.1, -0.05) is 6.07 Å². The fourth-order valence-electron chi connectivity index (χ4n) is 1.55. The molecule has 1 aromatic heterocycles. The Hall–Kier alpha value is -0.450. The van der Waals surface area contributed by atoms with E-state index in [4.69, 9.17) is 0 Å². The van der Waals surface area contributed by atoms with E-state index in [-0.39, 0.29) is 17.7 Å². The van der Waals surface area contributed by atoms with Gasteiger partial charge in [-0.05, 0) is 31.5 Å². The lowest BCUT2D eigenvalue weighted by Gasteiger charge is -2.07. The first-order valence-corrected chi connectivity index (χ1v) is 6.02. The number of halogens is 1. The van der Waals surface area contributed by atoms with E-state index in [2.05, 4.69) is 10.3 Å². The van der Waals surface area contributed by atoms with Gasteiger partial charge in [-0.25, -0.2) is 4.98 Å². The summed E-state index contributed by atoms with van der Waals surface area (Å²) in [5, 5.41) is 4.17. The first-order chi connectivity index (χ1) is 6.77. The molecule has 1 aromatic rings. The van der Waals surface area contributed by atoms with Crippen molar-refractivity contribution in [2.24, 2.45) is 0 Å². The number of pyridine rings is 1. The van der Waals surface area contributed by atoms with Crippen molar-refractivity contribution in [2.75, 3.05) is 13.1 Å². The highest BCUT2D eigenvalue weighted by Crippen LogP contribution is 2.14. The quantitative estimate of drug-likeness (QED) is 0.855. The summed E-state index contributed by atoms with van der Waals surface area (Å²) >= 11 is 0. The van der Waals surface area contributed by atoms with E-state index in [1.807, 2.05) is 19.1 Å². The second kappa shape index (κ2) is 5.58. The lowest BCUT2D eigenvalue weighted by atomic mass is 10.3. The number of nitrogens with zero attached hydrogens (tertiary/aromatic N) is 1. The van der Waals surface area contributed by atoms with E-state index in [9.17, 15) is 4.21 Å². The smallest absolute Gasteiger partial charge is 0.127 e. The summed E-state index contributed by atoms with van der Waals surface area (Å²) in [7, 11) is -0.941. The molecule has 0 bridgehead atoms. The third-order valence-corrected chi connectivity index (χ3v) is 4.07. The summed E-state index contributed by atoms with van der Waals surface area (Å²) in [6.07, 6.45) is 2.76. The molecule has 0 saturated carbocycles. The van der Waals surface area contributed by atoms with Crippen molar-refractivity contribution in [1.29, 1.82) is 0 Å². The first kappa shape index (κ1) is 12.6. The minimum Gasteiger partial charge on any atom is -0.315 e. The molecule has 0 spiro atoms. The Morgan fingerprint density at radius 3 is 2.87 bits per heavy atom. The van der Waals surface area contributed by atoms with E-state index >= 15 is 0 Å². The van der Waals surface area contributed by atoms with Gasteiger partial charge in [-0.15, -0.1) is 12.4 Å². The minimum absolute atomic E-state index is 0. The SMILES string of the molecule is Cc1ccc([S@](=O)[C@H]2CCNC2)nc1.Cl. The fourth-order valence-corrected chi connectivity index (χ4v) is 2.86. The topological polar surface area (TPSA) is 42.0 Å². The van der Waals surface area contributed by atoms with Crippen molar-refractivity contribution < 1.29 is 4.21 Å². The summed E-state index contributed by atoms with van der Waals surface area (Å²) in [6, 6.07) is 3.83. The van der Waals surface area contributed by atoms with Gasteiger partial charge in [0, 0.05) is 12.7 Å². The van der Waals surface area contributed by atoms with E-state index in [1.165, 1.54) is 0 Å². The monoisotopic (exact) mass is 246 g/mol. The number of aromatic nitrogens is 1. The van der Waals surface area contributed by atoms with Gasteiger partial charge in [0.25, 0.3) is 0 Å². The summed E-state index contributed by atoms with van der Waals surface area (Å²) in [5.74, 6) is 0. The number of rotatable bonds is 2. The van der Waals surface area contributed by atoms with Crippen LogP contribution in [0.2, 0.25) is 0 Å². The van der Waals surface area contributed by atoms with Crippen LogP contribution in [-0.4, -0.2) is 27.5 Å². The van der Waals surface area contributed by atoms with E-state index in [0.29, 0.717) is 5.03 Å². The maximum Gasteiger partial charge on any atom is 0.127 e. The number of nitrogens with one attached hydrogen (secondary N) is 1. The second-order valence-corrected chi connectivity index (χ2v) is 5.27. The summed E-state index contributed by atoms with van der Waals surface area (Å²) in [4.78, 5) is 4.19. The van der Waals surface area contributed by atoms with Crippen LogP contribution in [0.4, 0.5) is 0 Å². The van der Waals surface area contributed by atoms with Crippen LogP contribution in [0.15, 0.2) is 23.4 Å². The van der Waals surface area contributed by atoms with Crippen LogP contribution in [-0.2, 0) is 10.8 Å². The van der Waals surface area contributed by atoms with Crippen LogP contribution >= 0.6 is 12.4 Å². The van der Waals surface area contributed by atoms with Gasteiger partial charge in [0.2, 0.25) is 0 Å². The molecular weight excluding hydrogens is 232 g/mol. The third-order valence-electron chi connectivity index (χ3n) is 2.41. The van der Waals surface area contributed by atoms with Gasteiger partial charge >= 0.3 is 0 Å². The average molecular weight is 247 g/mol. The van der Waals surface area contributed by atoms with Crippen LogP contribution in [0.3, 0.4) is 0 Å². The molecule has 1 fully saturated rings. The Bertz CT molecular complexity index is 336. The van der Waals surface area contributed by atoms with Gasteiger partial charge in [-0.2, -0.15) is 0 Å². The zero-order valence-electron chi connectivity index (χ0n) is 8.60. The maximum absolute atomic E-state index is 12.0. The highest BCUT2D eigenvalue weighted by molar-refractivity contribution is 7.85. The molecule has 0 radical (unpaired) electrons. The van der Waals surface area contributed by atoms with E-state index < -0.39 is 10.8 Å². The summed E-state index contributed by atoms with van der Waals surface area (Å²) in [5.41, 5.74) is 1.11. The molecule has 2 heterocycles. The van der Waals surface area contributed by atoms with Gasteiger partial charge in [0.05, 0.1) is 16.0 Å². The molecule has 5 heteroatoms. The zero-order chi connectivity index (χ0) is 9.97. The third kappa shape index (κ3) is 3.00. The van der Waals surface area contributed by atoms with E-state index in [0.717, 1.165) is 25.1 Å². The Kier molecular flexibility index (Phi) is 4.70. The predicted octanol–water partition coefficient (Wildman–Crippen LogP) is 1.28. The van der Waals surface area contributed by atoms with Gasteiger partial charge in [0.15, 0.2) is 0 Å². The molecule has 2 atom stereocenters. The van der Waals surface area contributed by atoms with Crippen LogP contribution in [0.1, 0.15) is 12.0 Å². The summed E-state index contributed by atoms with van der Waals surface area (Å²) in [6.45, 7) is 3.81. The first-order valence-electron chi connectivity index (χ1n) is 4.81. The summed E-state index contributed by atoms with van der Waals surface area (Å²) < 4.78 is 12.0. The van der Waals surface area contributed by atoms with Crippen molar-refractivity contribution in [1.82, 2.24) is 10.3 Å².